The van der Waals surface area contributed by atoms with Crippen LogP contribution in [0, 0.1) is 5.92 Å². The minimum absolute atomic E-state index is 0.159. The number of carboxylic acid groups (broad SMARTS) is 1. The normalized spacial score (nSPS) is 10.2. The molecule has 0 saturated heterocycles. The molecular formula is C10H16O4. The monoisotopic (exact) mass is 200 g/mol. The number of rotatable bonds is 7. The summed E-state index contributed by atoms with van der Waals surface area (Å²) in [6, 6.07) is 0. The van der Waals surface area contributed by atoms with Crippen molar-refractivity contribution in [2.75, 3.05) is 0 Å². The van der Waals surface area contributed by atoms with Crippen LogP contribution < -0.4 is 0 Å². The van der Waals surface area contributed by atoms with Gasteiger partial charge in [0.2, 0.25) is 0 Å². The van der Waals surface area contributed by atoms with Crippen LogP contribution in [0.2, 0.25) is 0 Å². The van der Waals surface area contributed by atoms with Crippen LogP contribution in [0.15, 0.2) is 0 Å². The van der Waals surface area contributed by atoms with Gasteiger partial charge in [0.25, 0.3) is 0 Å². The number of aliphatic carboxylic acids is 1. The molecule has 4 heteroatoms. The van der Waals surface area contributed by atoms with Gasteiger partial charge < -0.3 is 5.11 Å². The molecule has 0 radical (unpaired) electrons. The molecule has 0 aliphatic rings. The summed E-state index contributed by atoms with van der Waals surface area (Å²) in [4.78, 5) is 33.3. The summed E-state index contributed by atoms with van der Waals surface area (Å²) >= 11 is 0. The lowest BCUT2D eigenvalue weighted by molar-refractivity contribution is -0.150. The molecule has 0 aromatic carbocycles. The number of hydrogen-bond donors (Lipinski definition) is 1. The van der Waals surface area contributed by atoms with Crippen LogP contribution in [0.1, 0.15) is 39.5 Å². The maximum Gasteiger partial charge on any atom is 0.321 e. The predicted molar refractivity (Wildman–Crippen MR) is 51.0 cm³/mol. The average molecular weight is 200 g/mol. The molecule has 4 nitrogen and oxygen atoms in total. The summed E-state index contributed by atoms with van der Waals surface area (Å²) in [7, 11) is 0. The SMILES string of the molecule is CCCC(=O)C(C(=O)O)C(=O)CCC. The van der Waals surface area contributed by atoms with Crippen LogP contribution in [0.25, 0.3) is 0 Å². The average Bonchev–Trinajstić information content (AvgIpc) is 2.04. The molecule has 1 N–H and O–H groups in total. The molecule has 0 heterocycles. The van der Waals surface area contributed by atoms with Crippen LogP contribution in [0.5, 0.6) is 0 Å². The second-order valence-corrected chi connectivity index (χ2v) is 3.20. The summed E-state index contributed by atoms with van der Waals surface area (Å²) in [5, 5.41) is 8.73. The third-order valence-corrected chi connectivity index (χ3v) is 1.88. The van der Waals surface area contributed by atoms with Crippen LogP contribution in [0.4, 0.5) is 0 Å². The van der Waals surface area contributed by atoms with Gasteiger partial charge in [-0.05, 0) is 12.8 Å². The highest BCUT2D eigenvalue weighted by atomic mass is 16.4. The van der Waals surface area contributed by atoms with E-state index in [2.05, 4.69) is 0 Å². The molecule has 0 spiro atoms. The minimum atomic E-state index is -1.44. The summed E-state index contributed by atoms with van der Waals surface area (Å²) in [6.45, 7) is 3.56. The molecule has 0 saturated carbocycles. The Kier molecular flexibility index (Phi) is 5.76. The van der Waals surface area contributed by atoms with Gasteiger partial charge in [0.15, 0.2) is 17.5 Å². The van der Waals surface area contributed by atoms with E-state index in [9.17, 15) is 14.4 Å². The maximum absolute atomic E-state index is 11.3. The lowest BCUT2D eigenvalue weighted by Crippen LogP contribution is -2.31. The Balaban J connectivity index is 4.51. The van der Waals surface area contributed by atoms with Crippen molar-refractivity contribution in [1.82, 2.24) is 0 Å². The maximum atomic E-state index is 11.3. The highest BCUT2D eigenvalue weighted by molar-refractivity contribution is 6.16. The van der Waals surface area contributed by atoms with Gasteiger partial charge >= 0.3 is 5.97 Å². The van der Waals surface area contributed by atoms with E-state index in [1.165, 1.54) is 0 Å². The third-order valence-electron chi connectivity index (χ3n) is 1.88. The molecule has 0 fully saturated rings. The Bertz CT molecular complexity index is 214. The quantitative estimate of drug-likeness (QED) is 0.631. The van der Waals surface area contributed by atoms with Crippen LogP contribution in [-0.2, 0) is 14.4 Å². The highest BCUT2D eigenvalue weighted by Crippen LogP contribution is 2.09. The molecule has 0 aliphatic carbocycles. The molecule has 0 amide bonds. The van der Waals surface area contributed by atoms with Crippen LogP contribution >= 0.6 is 0 Å². The summed E-state index contributed by atoms with van der Waals surface area (Å²) in [5.41, 5.74) is 0. The molecule has 0 aromatic rings. The molecule has 0 rings (SSSR count). The fourth-order valence-corrected chi connectivity index (χ4v) is 1.24. The van der Waals surface area contributed by atoms with Crippen molar-refractivity contribution in [2.24, 2.45) is 5.92 Å². The van der Waals surface area contributed by atoms with Gasteiger partial charge in [-0.25, -0.2) is 0 Å². The Morgan fingerprint density at radius 3 is 1.57 bits per heavy atom. The fourth-order valence-electron chi connectivity index (χ4n) is 1.24. The van der Waals surface area contributed by atoms with Crippen molar-refractivity contribution in [3.8, 4) is 0 Å². The zero-order valence-corrected chi connectivity index (χ0v) is 8.58. The molecule has 0 bridgehead atoms. The van der Waals surface area contributed by atoms with Crippen molar-refractivity contribution < 1.29 is 19.5 Å². The van der Waals surface area contributed by atoms with E-state index >= 15 is 0 Å². The van der Waals surface area contributed by atoms with Crippen molar-refractivity contribution in [2.45, 2.75) is 39.5 Å². The van der Waals surface area contributed by atoms with E-state index < -0.39 is 23.5 Å². The first-order valence-corrected chi connectivity index (χ1v) is 4.82. The third kappa shape index (κ3) is 3.68. The molecule has 0 aromatic heterocycles. The predicted octanol–water partition coefficient (Wildman–Crippen LogP) is 1.43. The Labute approximate surface area is 83.3 Å². The largest absolute Gasteiger partial charge is 0.480 e. The highest BCUT2D eigenvalue weighted by Gasteiger charge is 2.31. The molecule has 80 valence electrons. The standard InChI is InChI=1S/C10H16O4/c1-3-5-7(11)9(10(13)14)8(12)6-4-2/h9H,3-6H2,1-2H3,(H,13,14). The second-order valence-electron chi connectivity index (χ2n) is 3.20. The first-order valence-electron chi connectivity index (χ1n) is 4.82. The van der Waals surface area contributed by atoms with Crippen molar-refractivity contribution in [1.29, 1.82) is 0 Å². The van der Waals surface area contributed by atoms with Gasteiger partial charge in [0.1, 0.15) is 0 Å². The van der Waals surface area contributed by atoms with E-state index in [0.717, 1.165) is 0 Å². The molecule has 0 aliphatic heterocycles. The number of Topliss-reactive ketones (excluding diaryl/α,β-unsaturated/α-hetero) is 2. The van der Waals surface area contributed by atoms with Gasteiger partial charge in [0.05, 0.1) is 0 Å². The van der Waals surface area contributed by atoms with E-state index in [-0.39, 0.29) is 12.8 Å². The first kappa shape index (κ1) is 12.8. The van der Waals surface area contributed by atoms with Gasteiger partial charge in [0, 0.05) is 12.8 Å². The lowest BCUT2D eigenvalue weighted by atomic mass is 9.93. The van der Waals surface area contributed by atoms with E-state index in [4.69, 9.17) is 5.11 Å². The number of carbonyl (C=O) groups is 3. The topological polar surface area (TPSA) is 71.4 Å². The van der Waals surface area contributed by atoms with Crippen LogP contribution in [0.3, 0.4) is 0 Å². The summed E-state index contributed by atoms with van der Waals surface area (Å²) in [6.07, 6.45) is 1.46. The van der Waals surface area contributed by atoms with Crippen molar-refractivity contribution >= 4 is 17.5 Å². The summed E-state index contributed by atoms with van der Waals surface area (Å²) < 4.78 is 0. The number of carboxylic acids is 1. The van der Waals surface area contributed by atoms with E-state index in [1.807, 2.05) is 0 Å². The molecule has 0 unspecified atom stereocenters. The van der Waals surface area contributed by atoms with E-state index in [1.54, 1.807) is 13.8 Å². The van der Waals surface area contributed by atoms with Gasteiger partial charge in [-0.2, -0.15) is 0 Å². The molecule has 14 heavy (non-hydrogen) atoms. The first-order chi connectivity index (χ1) is 6.54. The van der Waals surface area contributed by atoms with E-state index in [0.29, 0.717) is 12.8 Å². The van der Waals surface area contributed by atoms with Crippen molar-refractivity contribution in [3.63, 3.8) is 0 Å². The zero-order valence-electron chi connectivity index (χ0n) is 8.58. The summed E-state index contributed by atoms with van der Waals surface area (Å²) in [5.74, 6) is -3.70. The number of ketones is 2. The van der Waals surface area contributed by atoms with Gasteiger partial charge in [-0.1, -0.05) is 13.8 Å². The number of hydrogen-bond acceptors (Lipinski definition) is 3. The lowest BCUT2D eigenvalue weighted by Gasteiger charge is -2.08. The van der Waals surface area contributed by atoms with Crippen molar-refractivity contribution in [3.05, 3.63) is 0 Å². The smallest absolute Gasteiger partial charge is 0.321 e. The van der Waals surface area contributed by atoms with Gasteiger partial charge in [-0.3, -0.25) is 14.4 Å². The van der Waals surface area contributed by atoms with Gasteiger partial charge in [-0.15, -0.1) is 0 Å². The zero-order chi connectivity index (χ0) is 11.1. The Hall–Kier alpha value is -1.19. The second kappa shape index (κ2) is 6.29. The Morgan fingerprint density at radius 1 is 1.00 bits per heavy atom. The van der Waals surface area contributed by atoms with Crippen LogP contribution in [-0.4, -0.2) is 22.6 Å². The molecular weight excluding hydrogens is 184 g/mol. The fraction of sp³-hybridized carbons (Fsp3) is 0.700. The molecule has 0 atom stereocenters. The number of carbonyl (C=O) groups excluding carboxylic acids is 2. The minimum Gasteiger partial charge on any atom is -0.480 e. The Morgan fingerprint density at radius 2 is 1.36 bits per heavy atom.